The van der Waals surface area contributed by atoms with Crippen molar-refractivity contribution in [3.05, 3.63) is 47.8 Å². The van der Waals surface area contributed by atoms with Crippen LogP contribution in [0, 0.1) is 6.92 Å². The second-order valence-electron chi connectivity index (χ2n) is 3.56. The lowest BCUT2D eigenvalue weighted by molar-refractivity contribution is 1.04. The highest BCUT2D eigenvalue weighted by Gasteiger charge is 2.01. The first-order valence-electron chi connectivity index (χ1n) is 5.12. The minimum atomic E-state index is 0.629. The Hall–Kier alpha value is -2.10. The maximum atomic E-state index is 5.83. The average molecular weight is 214 g/mol. The van der Waals surface area contributed by atoms with Crippen LogP contribution in [0.4, 0.5) is 11.6 Å². The topological polar surface area (TPSA) is 63.8 Å². The van der Waals surface area contributed by atoms with Gasteiger partial charge >= 0.3 is 0 Å². The number of hydrogen-bond donors (Lipinski definition) is 2. The first-order chi connectivity index (χ1) is 7.77. The van der Waals surface area contributed by atoms with E-state index in [9.17, 15) is 0 Å². The summed E-state index contributed by atoms with van der Waals surface area (Å²) in [7, 11) is 0. The van der Waals surface area contributed by atoms with Crippen molar-refractivity contribution in [2.75, 3.05) is 11.1 Å². The van der Waals surface area contributed by atoms with Gasteiger partial charge < -0.3 is 11.1 Å². The van der Waals surface area contributed by atoms with Gasteiger partial charge in [0.05, 0.1) is 0 Å². The first-order valence-corrected chi connectivity index (χ1v) is 5.12. The van der Waals surface area contributed by atoms with Crippen molar-refractivity contribution in [1.29, 1.82) is 0 Å². The Bertz CT molecular complexity index is 468. The predicted octanol–water partition coefficient (Wildman–Crippen LogP) is 1.98. The number of nitrogen functional groups attached to an aromatic ring is 1. The molecule has 0 bridgehead atoms. The van der Waals surface area contributed by atoms with Crippen LogP contribution in [0.25, 0.3) is 0 Å². The zero-order valence-electron chi connectivity index (χ0n) is 9.14. The van der Waals surface area contributed by atoms with Gasteiger partial charge in [-0.15, -0.1) is 0 Å². The average Bonchev–Trinajstić information content (AvgIpc) is 2.32. The Labute approximate surface area is 94.5 Å². The molecule has 0 atom stereocenters. The van der Waals surface area contributed by atoms with Crippen LogP contribution >= 0.6 is 0 Å². The molecule has 0 aliphatic heterocycles. The molecule has 1 aromatic carbocycles. The van der Waals surface area contributed by atoms with Crippen LogP contribution in [0.1, 0.15) is 11.1 Å². The van der Waals surface area contributed by atoms with Crippen LogP contribution in [-0.2, 0) is 6.54 Å². The number of nitrogens with zero attached hydrogens (tertiary/aromatic N) is 2. The van der Waals surface area contributed by atoms with Gasteiger partial charge in [-0.05, 0) is 30.2 Å². The molecule has 0 saturated carbocycles. The molecule has 0 fully saturated rings. The SMILES string of the molecule is Cc1c(N)cccc1CNc1ncccn1. The van der Waals surface area contributed by atoms with Gasteiger partial charge in [0.1, 0.15) is 0 Å². The van der Waals surface area contributed by atoms with E-state index in [1.54, 1.807) is 18.5 Å². The molecule has 3 N–H and O–H groups in total. The molecule has 0 saturated heterocycles. The Balaban J connectivity index is 2.08. The predicted molar refractivity (Wildman–Crippen MR) is 65.0 cm³/mol. The van der Waals surface area contributed by atoms with Crippen LogP contribution < -0.4 is 11.1 Å². The quantitative estimate of drug-likeness (QED) is 0.767. The fraction of sp³-hybridized carbons (Fsp3) is 0.167. The molecule has 2 aromatic rings. The summed E-state index contributed by atoms with van der Waals surface area (Å²) >= 11 is 0. The maximum Gasteiger partial charge on any atom is 0.222 e. The van der Waals surface area contributed by atoms with Crippen LogP contribution in [0.15, 0.2) is 36.7 Å². The lowest BCUT2D eigenvalue weighted by atomic mass is 10.1. The minimum absolute atomic E-state index is 0.629. The van der Waals surface area contributed by atoms with Gasteiger partial charge in [0.15, 0.2) is 0 Å². The van der Waals surface area contributed by atoms with Gasteiger partial charge in [0.25, 0.3) is 0 Å². The van der Waals surface area contributed by atoms with Crippen molar-refractivity contribution in [2.24, 2.45) is 0 Å². The number of hydrogen-bond acceptors (Lipinski definition) is 4. The van der Waals surface area contributed by atoms with Crippen molar-refractivity contribution in [2.45, 2.75) is 13.5 Å². The second kappa shape index (κ2) is 4.61. The second-order valence-corrected chi connectivity index (χ2v) is 3.56. The molecule has 2 rings (SSSR count). The lowest BCUT2D eigenvalue weighted by Gasteiger charge is -2.09. The maximum absolute atomic E-state index is 5.83. The van der Waals surface area contributed by atoms with Crippen LogP contribution in [0.2, 0.25) is 0 Å². The molecule has 82 valence electrons. The largest absolute Gasteiger partial charge is 0.399 e. The molecule has 0 radical (unpaired) electrons. The molecule has 16 heavy (non-hydrogen) atoms. The van der Waals surface area contributed by atoms with Crippen LogP contribution in [0.3, 0.4) is 0 Å². The first kappa shape index (κ1) is 10.4. The Morgan fingerprint density at radius 2 is 1.94 bits per heavy atom. The standard InChI is InChI=1S/C12H14N4/c1-9-10(4-2-5-11(9)13)8-16-12-14-6-3-7-15-12/h2-7H,8,13H2,1H3,(H,14,15,16). The van der Waals surface area contributed by atoms with E-state index >= 15 is 0 Å². The van der Waals surface area contributed by atoms with E-state index in [0.29, 0.717) is 12.5 Å². The summed E-state index contributed by atoms with van der Waals surface area (Å²) in [5.74, 6) is 0.629. The number of benzene rings is 1. The third kappa shape index (κ3) is 2.28. The minimum Gasteiger partial charge on any atom is -0.399 e. The van der Waals surface area contributed by atoms with Gasteiger partial charge in [0.2, 0.25) is 5.95 Å². The molecule has 1 heterocycles. The molecule has 4 heteroatoms. The van der Waals surface area contributed by atoms with Crippen molar-refractivity contribution in [3.63, 3.8) is 0 Å². The Morgan fingerprint density at radius 1 is 1.19 bits per heavy atom. The summed E-state index contributed by atoms with van der Waals surface area (Å²) in [5, 5.41) is 3.15. The number of nitrogens with two attached hydrogens (primary N) is 1. The van der Waals surface area contributed by atoms with Gasteiger partial charge in [-0.3, -0.25) is 0 Å². The van der Waals surface area contributed by atoms with E-state index in [1.165, 1.54) is 0 Å². The molecule has 0 spiro atoms. The Kier molecular flexibility index (Phi) is 3.00. The number of anilines is 2. The van der Waals surface area contributed by atoms with E-state index in [0.717, 1.165) is 16.8 Å². The summed E-state index contributed by atoms with van der Waals surface area (Å²) < 4.78 is 0. The summed E-state index contributed by atoms with van der Waals surface area (Å²) in [5.41, 5.74) is 8.91. The molecular weight excluding hydrogens is 200 g/mol. The highest BCUT2D eigenvalue weighted by atomic mass is 15.1. The molecule has 0 aliphatic carbocycles. The van der Waals surface area contributed by atoms with Crippen LogP contribution in [0.5, 0.6) is 0 Å². The molecular formula is C12H14N4. The van der Waals surface area contributed by atoms with Crippen molar-refractivity contribution < 1.29 is 0 Å². The normalized spacial score (nSPS) is 10.1. The smallest absolute Gasteiger partial charge is 0.222 e. The molecule has 0 amide bonds. The number of nitrogens with one attached hydrogen (secondary N) is 1. The van der Waals surface area contributed by atoms with E-state index in [-0.39, 0.29) is 0 Å². The van der Waals surface area contributed by atoms with E-state index in [2.05, 4.69) is 15.3 Å². The van der Waals surface area contributed by atoms with Crippen molar-refractivity contribution in [1.82, 2.24) is 9.97 Å². The lowest BCUT2D eigenvalue weighted by Crippen LogP contribution is -2.05. The van der Waals surface area contributed by atoms with E-state index < -0.39 is 0 Å². The fourth-order valence-corrected chi connectivity index (χ4v) is 1.46. The molecule has 1 aromatic heterocycles. The molecule has 0 unspecified atom stereocenters. The van der Waals surface area contributed by atoms with Gasteiger partial charge in [-0.1, -0.05) is 12.1 Å². The third-order valence-corrected chi connectivity index (χ3v) is 2.49. The van der Waals surface area contributed by atoms with Gasteiger partial charge in [-0.2, -0.15) is 0 Å². The zero-order chi connectivity index (χ0) is 11.4. The number of aromatic nitrogens is 2. The highest BCUT2D eigenvalue weighted by molar-refractivity contribution is 5.50. The number of rotatable bonds is 3. The molecule has 0 aliphatic rings. The summed E-state index contributed by atoms with van der Waals surface area (Å²) in [6.07, 6.45) is 3.42. The zero-order valence-corrected chi connectivity index (χ0v) is 9.14. The highest BCUT2D eigenvalue weighted by Crippen LogP contribution is 2.16. The van der Waals surface area contributed by atoms with E-state index in [1.807, 2.05) is 25.1 Å². The summed E-state index contributed by atoms with van der Waals surface area (Å²) in [6, 6.07) is 7.68. The third-order valence-electron chi connectivity index (χ3n) is 2.49. The molecule has 4 nitrogen and oxygen atoms in total. The van der Waals surface area contributed by atoms with E-state index in [4.69, 9.17) is 5.73 Å². The van der Waals surface area contributed by atoms with Gasteiger partial charge in [-0.25, -0.2) is 9.97 Å². The van der Waals surface area contributed by atoms with Crippen molar-refractivity contribution in [3.8, 4) is 0 Å². The fourth-order valence-electron chi connectivity index (χ4n) is 1.46. The summed E-state index contributed by atoms with van der Waals surface area (Å²) in [6.45, 7) is 2.69. The van der Waals surface area contributed by atoms with Gasteiger partial charge in [0, 0.05) is 24.6 Å². The van der Waals surface area contributed by atoms with Crippen LogP contribution in [-0.4, -0.2) is 9.97 Å². The van der Waals surface area contributed by atoms with Crippen molar-refractivity contribution >= 4 is 11.6 Å². The Morgan fingerprint density at radius 3 is 2.69 bits per heavy atom. The monoisotopic (exact) mass is 214 g/mol. The summed E-state index contributed by atoms with van der Waals surface area (Å²) in [4.78, 5) is 8.18.